The summed E-state index contributed by atoms with van der Waals surface area (Å²) in [6, 6.07) is 15.5. The standard InChI is InChI=1S/C17H12N2O4/c20-16-17(18-15(23-16)12-4-2-1-3-5-12)10-14(17)11-6-8-13(9-7-11)19(21)22/h1-9,14H,10H2/t14-,17+/m0/s1. The molecule has 2 atom stereocenters. The summed E-state index contributed by atoms with van der Waals surface area (Å²) >= 11 is 0. The molecule has 1 fully saturated rings. The van der Waals surface area contributed by atoms with Gasteiger partial charge in [0.05, 0.1) is 4.92 Å². The molecule has 0 aromatic heterocycles. The largest absolute Gasteiger partial charge is 0.405 e. The molecule has 0 N–H and O–H groups in total. The van der Waals surface area contributed by atoms with Crippen molar-refractivity contribution in [3.63, 3.8) is 0 Å². The Bertz CT molecular complexity index is 829. The van der Waals surface area contributed by atoms with E-state index in [1.54, 1.807) is 12.1 Å². The van der Waals surface area contributed by atoms with E-state index in [0.29, 0.717) is 12.3 Å². The van der Waals surface area contributed by atoms with E-state index in [1.807, 2.05) is 30.3 Å². The molecule has 2 aromatic carbocycles. The van der Waals surface area contributed by atoms with Crippen LogP contribution in [-0.2, 0) is 9.53 Å². The number of esters is 1. The van der Waals surface area contributed by atoms with E-state index in [2.05, 4.69) is 4.99 Å². The number of hydrogen-bond donors (Lipinski definition) is 0. The first-order valence-corrected chi connectivity index (χ1v) is 7.22. The van der Waals surface area contributed by atoms with E-state index in [1.165, 1.54) is 12.1 Å². The Hall–Kier alpha value is -3.02. The Morgan fingerprint density at radius 2 is 1.83 bits per heavy atom. The summed E-state index contributed by atoms with van der Waals surface area (Å²) in [5.74, 6) is -0.0864. The molecule has 6 heteroatoms. The van der Waals surface area contributed by atoms with Crippen molar-refractivity contribution in [3.05, 3.63) is 75.8 Å². The predicted molar refractivity (Wildman–Crippen MR) is 82.3 cm³/mol. The second-order valence-corrected chi connectivity index (χ2v) is 5.70. The Morgan fingerprint density at radius 1 is 1.13 bits per heavy atom. The molecule has 23 heavy (non-hydrogen) atoms. The second-order valence-electron chi connectivity index (χ2n) is 5.70. The number of carbonyl (C=O) groups is 1. The third-order valence-electron chi connectivity index (χ3n) is 4.30. The van der Waals surface area contributed by atoms with Crippen molar-refractivity contribution in [2.75, 3.05) is 0 Å². The molecule has 1 aliphatic carbocycles. The molecule has 1 saturated carbocycles. The Labute approximate surface area is 131 Å². The van der Waals surface area contributed by atoms with Gasteiger partial charge in [-0.15, -0.1) is 0 Å². The lowest BCUT2D eigenvalue weighted by atomic mass is 10.1. The molecule has 1 spiro atoms. The highest BCUT2D eigenvalue weighted by molar-refractivity contribution is 6.09. The summed E-state index contributed by atoms with van der Waals surface area (Å²) in [4.78, 5) is 27.0. The zero-order chi connectivity index (χ0) is 16.0. The van der Waals surface area contributed by atoms with Gasteiger partial charge in [-0.2, -0.15) is 0 Å². The maximum absolute atomic E-state index is 12.3. The Balaban J connectivity index is 1.62. The summed E-state index contributed by atoms with van der Waals surface area (Å²) in [6.07, 6.45) is 0.569. The molecule has 1 heterocycles. The molecule has 0 saturated heterocycles. The molecule has 114 valence electrons. The van der Waals surface area contributed by atoms with Gasteiger partial charge < -0.3 is 4.74 Å². The maximum Gasteiger partial charge on any atom is 0.341 e. The molecular formula is C17H12N2O4. The lowest BCUT2D eigenvalue weighted by Gasteiger charge is -2.02. The van der Waals surface area contributed by atoms with Gasteiger partial charge in [0.1, 0.15) is 0 Å². The lowest BCUT2D eigenvalue weighted by Crippen LogP contribution is -2.18. The molecule has 0 unspecified atom stereocenters. The van der Waals surface area contributed by atoms with E-state index in [0.717, 1.165) is 11.1 Å². The minimum Gasteiger partial charge on any atom is -0.405 e. The summed E-state index contributed by atoms with van der Waals surface area (Å²) in [7, 11) is 0. The van der Waals surface area contributed by atoms with Crippen LogP contribution in [0, 0.1) is 10.1 Å². The zero-order valence-electron chi connectivity index (χ0n) is 12.0. The molecule has 0 radical (unpaired) electrons. The fraction of sp³-hybridized carbons (Fsp3) is 0.176. The number of non-ortho nitro benzene ring substituents is 1. The average Bonchev–Trinajstić information content (AvgIpc) is 3.21. The Kier molecular flexibility index (Phi) is 2.81. The number of cyclic esters (lactones) is 1. The van der Waals surface area contributed by atoms with Crippen LogP contribution in [0.4, 0.5) is 5.69 Å². The van der Waals surface area contributed by atoms with E-state index >= 15 is 0 Å². The third kappa shape index (κ3) is 2.11. The van der Waals surface area contributed by atoms with Crippen molar-refractivity contribution >= 4 is 17.6 Å². The molecule has 2 aliphatic rings. The van der Waals surface area contributed by atoms with Crippen LogP contribution in [-0.4, -0.2) is 22.3 Å². The average molecular weight is 308 g/mol. The van der Waals surface area contributed by atoms with Crippen LogP contribution in [0.25, 0.3) is 0 Å². The minimum atomic E-state index is -0.860. The number of nitrogens with zero attached hydrogens (tertiary/aromatic N) is 2. The van der Waals surface area contributed by atoms with Crippen LogP contribution < -0.4 is 0 Å². The Morgan fingerprint density at radius 3 is 2.48 bits per heavy atom. The van der Waals surface area contributed by atoms with Gasteiger partial charge in [-0.1, -0.05) is 30.3 Å². The SMILES string of the molecule is O=C1OC(c2ccccc2)=N[C@@]12C[C@H]2c1ccc([N+](=O)[O-])cc1. The molecule has 6 nitrogen and oxygen atoms in total. The monoisotopic (exact) mass is 308 g/mol. The van der Waals surface area contributed by atoms with Gasteiger partial charge >= 0.3 is 5.97 Å². The first kappa shape index (κ1) is 13.6. The normalized spacial score (nSPS) is 25.1. The highest BCUT2D eigenvalue weighted by Crippen LogP contribution is 2.57. The van der Waals surface area contributed by atoms with E-state index in [-0.39, 0.29) is 17.6 Å². The highest BCUT2D eigenvalue weighted by Gasteiger charge is 2.65. The highest BCUT2D eigenvalue weighted by atomic mass is 16.6. The molecule has 0 bridgehead atoms. The number of nitro benzene ring substituents is 1. The number of carbonyl (C=O) groups excluding carboxylic acids is 1. The van der Waals surface area contributed by atoms with E-state index in [4.69, 9.17) is 4.74 Å². The number of benzene rings is 2. The van der Waals surface area contributed by atoms with Crippen LogP contribution in [0.1, 0.15) is 23.5 Å². The van der Waals surface area contributed by atoms with Crippen molar-refractivity contribution in [1.29, 1.82) is 0 Å². The zero-order valence-corrected chi connectivity index (χ0v) is 12.0. The quantitative estimate of drug-likeness (QED) is 0.496. The first-order chi connectivity index (χ1) is 11.1. The summed E-state index contributed by atoms with van der Waals surface area (Å²) in [5.41, 5.74) is 0.810. The summed E-state index contributed by atoms with van der Waals surface area (Å²) in [6.45, 7) is 0. The third-order valence-corrected chi connectivity index (χ3v) is 4.30. The minimum absolute atomic E-state index is 0.0333. The van der Waals surface area contributed by atoms with Crippen molar-refractivity contribution in [2.24, 2.45) is 4.99 Å². The number of rotatable bonds is 3. The topological polar surface area (TPSA) is 81.8 Å². The number of nitro groups is 1. The lowest BCUT2D eigenvalue weighted by molar-refractivity contribution is -0.384. The van der Waals surface area contributed by atoms with Gasteiger partial charge in [0.25, 0.3) is 5.69 Å². The number of hydrogen-bond acceptors (Lipinski definition) is 5. The fourth-order valence-corrected chi connectivity index (χ4v) is 2.95. The summed E-state index contributed by atoms with van der Waals surface area (Å²) < 4.78 is 5.34. The van der Waals surface area contributed by atoms with E-state index < -0.39 is 10.5 Å². The van der Waals surface area contributed by atoms with Crippen LogP contribution in [0.15, 0.2) is 59.6 Å². The number of aliphatic imine (C=N–C) groups is 1. The molecule has 2 aromatic rings. The van der Waals surface area contributed by atoms with Crippen LogP contribution >= 0.6 is 0 Å². The van der Waals surface area contributed by atoms with E-state index in [9.17, 15) is 14.9 Å². The molecule has 1 aliphatic heterocycles. The molecule has 0 amide bonds. The molecule has 4 rings (SSSR count). The van der Waals surface area contributed by atoms with Gasteiger partial charge in [0.2, 0.25) is 5.90 Å². The van der Waals surface area contributed by atoms with Crippen LogP contribution in [0.5, 0.6) is 0 Å². The smallest absolute Gasteiger partial charge is 0.341 e. The van der Waals surface area contributed by atoms with Crippen molar-refractivity contribution in [1.82, 2.24) is 0 Å². The fourth-order valence-electron chi connectivity index (χ4n) is 2.95. The maximum atomic E-state index is 12.3. The predicted octanol–water partition coefficient (Wildman–Crippen LogP) is 2.82. The number of ether oxygens (including phenoxy) is 1. The van der Waals surface area contributed by atoms with Crippen molar-refractivity contribution in [3.8, 4) is 0 Å². The van der Waals surface area contributed by atoms with Gasteiger partial charge in [0, 0.05) is 23.6 Å². The van der Waals surface area contributed by atoms with Gasteiger partial charge in [-0.3, -0.25) is 10.1 Å². The van der Waals surface area contributed by atoms with Gasteiger partial charge in [-0.05, 0) is 24.1 Å². The van der Waals surface area contributed by atoms with Gasteiger partial charge in [-0.25, -0.2) is 9.79 Å². The second kappa shape index (κ2) is 4.74. The van der Waals surface area contributed by atoms with Crippen LogP contribution in [0.2, 0.25) is 0 Å². The first-order valence-electron chi connectivity index (χ1n) is 7.22. The van der Waals surface area contributed by atoms with Gasteiger partial charge in [0.15, 0.2) is 5.54 Å². The summed E-state index contributed by atoms with van der Waals surface area (Å²) in [5, 5.41) is 10.7. The van der Waals surface area contributed by atoms with Crippen molar-refractivity contribution in [2.45, 2.75) is 17.9 Å². The van der Waals surface area contributed by atoms with Crippen molar-refractivity contribution < 1.29 is 14.5 Å². The molecular weight excluding hydrogens is 296 g/mol. The van der Waals surface area contributed by atoms with Crippen LogP contribution in [0.3, 0.4) is 0 Å².